The summed E-state index contributed by atoms with van der Waals surface area (Å²) in [5, 5.41) is 13.0. The predicted molar refractivity (Wildman–Crippen MR) is 88.0 cm³/mol. The Morgan fingerprint density at radius 3 is 2.42 bits per heavy atom. The lowest BCUT2D eigenvalue weighted by Crippen LogP contribution is -2.24. The van der Waals surface area contributed by atoms with Gasteiger partial charge in [-0.25, -0.2) is 4.98 Å². The normalized spacial score (nSPS) is 14.0. The maximum Gasteiger partial charge on any atom is 0.433 e. The van der Waals surface area contributed by atoms with E-state index < -0.39 is 35.2 Å². The molecule has 0 spiro atoms. The second-order valence-electron chi connectivity index (χ2n) is 5.51. The van der Waals surface area contributed by atoms with Gasteiger partial charge in [0.1, 0.15) is 5.69 Å². The molecule has 1 atom stereocenters. The predicted octanol–water partition coefficient (Wildman–Crippen LogP) is 4.26. The zero-order chi connectivity index (χ0) is 19.5. The van der Waals surface area contributed by atoms with Crippen molar-refractivity contribution < 1.29 is 31.4 Å². The summed E-state index contributed by atoms with van der Waals surface area (Å²) in [7, 11) is 0. The van der Waals surface area contributed by atoms with Gasteiger partial charge in [-0.3, -0.25) is 0 Å². The van der Waals surface area contributed by atoms with Gasteiger partial charge in [-0.1, -0.05) is 12.1 Å². The SMILES string of the molecule is CSCCNCC(O)c1cc(C(F)(F)F)nc2c(C(F)(F)F)cccc12. The topological polar surface area (TPSA) is 45.1 Å². The number of hydrogen-bond donors (Lipinski definition) is 2. The standard InChI is InChI=1S/C16H16F6N2OS/c1-26-6-5-23-8-12(25)10-7-13(16(20,21)22)24-14-9(10)3-2-4-11(14)15(17,18)19/h2-4,7,12,23,25H,5-6,8H2,1H3. The van der Waals surface area contributed by atoms with E-state index in [1.807, 2.05) is 6.26 Å². The van der Waals surface area contributed by atoms with Gasteiger partial charge in [-0.2, -0.15) is 38.1 Å². The summed E-state index contributed by atoms with van der Waals surface area (Å²) >= 11 is 1.53. The molecule has 0 aliphatic heterocycles. The quantitative estimate of drug-likeness (QED) is 0.564. The minimum atomic E-state index is -4.94. The van der Waals surface area contributed by atoms with E-state index >= 15 is 0 Å². The molecule has 0 amide bonds. The van der Waals surface area contributed by atoms with Crippen molar-refractivity contribution in [2.24, 2.45) is 0 Å². The molecule has 0 saturated carbocycles. The molecule has 144 valence electrons. The van der Waals surface area contributed by atoms with Crippen LogP contribution in [0.2, 0.25) is 0 Å². The van der Waals surface area contributed by atoms with Crippen LogP contribution in [-0.4, -0.2) is 35.2 Å². The molecule has 1 aromatic heterocycles. The van der Waals surface area contributed by atoms with Crippen LogP contribution in [0.15, 0.2) is 24.3 Å². The highest BCUT2D eigenvalue weighted by molar-refractivity contribution is 7.98. The number of benzene rings is 1. The average Bonchev–Trinajstić information content (AvgIpc) is 2.55. The molecule has 2 aromatic rings. The molecule has 26 heavy (non-hydrogen) atoms. The first kappa shape index (κ1) is 20.8. The Morgan fingerprint density at radius 1 is 1.15 bits per heavy atom. The lowest BCUT2D eigenvalue weighted by Gasteiger charge is -2.19. The lowest BCUT2D eigenvalue weighted by atomic mass is 9.99. The Hall–Kier alpha value is -1.52. The van der Waals surface area contributed by atoms with E-state index in [4.69, 9.17) is 0 Å². The monoisotopic (exact) mass is 398 g/mol. The van der Waals surface area contributed by atoms with Gasteiger partial charge < -0.3 is 10.4 Å². The van der Waals surface area contributed by atoms with Crippen molar-refractivity contribution in [2.75, 3.05) is 25.1 Å². The first-order valence-electron chi connectivity index (χ1n) is 7.51. The van der Waals surface area contributed by atoms with E-state index in [0.717, 1.165) is 11.8 Å². The van der Waals surface area contributed by atoms with Crippen LogP contribution in [0.5, 0.6) is 0 Å². The van der Waals surface area contributed by atoms with Crippen molar-refractivity contribution in [3.8, 4) is 0 Å². The molecule has 0 bridgehead atoms. The number of pyridine rings is 1. The van der Waals surface area contributed by atoms with E-state index in [1.165, 1.54) is 17.8 Å². The summed E-state index contributed by atoms with van der Waals surface area (Å²) < 4.78 is 78.8. The minimum absolute atomic E-state index is 0.0901. The number of aromatic nitrogens is 1. The minimum Gasteiger partial charge on any atom is -0.387 e. The number of aliphatic hydroxyl groups is 1. The zero-order valence-electron chi connectivity index (χ0n) is 13.6. The number of nitrogens with one attached hydrogen (secondary N) is 1. The highest BCUT2D eigenvalue weighted by Gasteiger charge is 2.37. The number of thioether (sulfide) groups is 1. The number of halogens is 6. The highest BCUT2D eigenvalue weighted by Crippen LogP contribution is 2.38. The Labute approximate surface area is 149 Å². The first-order chi connectivity index (χ1) is 12.1. The van der Waals surface area contributed by atoms with Gasteiger partial charge in [0.25, 0.3) is 0 Å². The summed E-state index contributed by atoms with van der Waals surface area (Å²) in [4.78, 5) is 3.19. The number of para-hydroxylation sites is 1. The molecule has 10 heteroatoms. The second kappa shape index (κ2) is 8.01. The van der Waals surface area contributed by atoms with E-state index in [1.54, 1.807) is 0 Å². The van der Waals surface area contributed by atoms with Crippen molar-refractivity contribution in [3.05, 3.63) is 41.1 Å². The number of rotatable bonds is 6. The van der Waals surface area contributed by atoms with Gasteiger partial charge in [-0.15, -0.1) is 0 Å². The number of aliphatic hydroxyl groups excluding tert-OH is 1. The molecule has 0 aliphatic rings. The number of nitrogens with zero attached hydrogens (tertiary/aromatic N) is 1. The van der Waals surface area contributed by atoms with Crippen LogP contribution in [0.3, 0.4) is 0 Å². The van der Waals surface area contributed by atoms with Crippen molar-refractivity contribution in [2.45, 2.75) is 18.5 Å². The summed E-state index contributed by atoms with van der Waals surface area (Å²) in [6.45, 7) is 0.411. The molecule has 0 aliphatic carbocycles. The third kappa shape index (κ3) is 4.80. The summed E-state index contributed by atoms with van der Waals surface area (Å²) in [5.74, 6) is 0.718. The van der Waals surface area contributed by atoms with E-state index in [-0.39, 0.29) is 17.5 Å². The molecule has 0 saturated heterocycles. The molecule has 1 aromatic carbocycles. The van der Waals surface area contributed by atoms with Gasteiger partial charge in [-0.05, 0) is 24.0 Å². The van der Waals surface area contributed by atoms with Crippen LogP contribution in [0.1, 0.15) is 22.9 Å². The zero-order valence-corrected chi connectivity index (χ0v) is 14.4. The number of alkyl halides is 6. The van der Waals surface area contributed by atoms with Crippen LogP contribution in [-0.2, 0) is 12.4 Å². The Balaban J connectivity index is 2.57. The molecular formula is C16H16F6N2OS. The van der Waals surface area contributed by atoms with E-state index in [0.29, 0.717) is 18.7 Å². The third-order valence-corrected chi connectivity index (χ3v) is 4.26. The van der Waals surface area contributed by atoms with Gasteiger partial charge in [0, 0.05) is 24.2 Å². The molecule has 1 heterocycles. The molecule has 0 fully saturated rings. The smallest absolute Gasteiger partial charge is 0.387 e. The highest BCUT2D eigenvalue weighted by atomic mass is 32.2. The van der Waals surface area contributed by atoms with Crippen molar-refractivity contribution >= 4 is 22.7 Å². The maximum atomic E-state index is 13.2. The van der Waals surface area contributed by atoms with Crippen LogP contribution >= 0.6 is 11.8 Å². The fourth-order valence-corrected chi connectivity index (χ4v) is 2.80. The van der Waals surface area contributed by atoms with E-state index in [2.05, 4.69) is 10.3 Å². The lowest BCUT2D eigenvalue weighted by molar-refractivity contribution is -0.142. The van der Waals surface area contributed by atoms with Crippen molar-refractivity contribution in [1.82, 2.24) is 10.3 Å². The third-order valence-electron chi connectivity index (χ3n) is 3.65. The Kier molecular flexibility index (Phi) is 6.41. The summed E-state index contributed by atoms with van der Waals surface area (Å²) in [6, 6.07) is 3.57. The Morgan fingerprint density at radius 2 is 1.85 bits per heavy atom. The molecule has 3 nitrogen and oxygen atoms in total. The van der Waals surface area contributed by atoms with Crippen LogP contribution in [0, 0.1) is 0 Å². The largest absolute Gasteiger partial charge is 0.433 e. The number of fused-ring (bicyclic) bond motifs is 1. The molecule has 1 unspecified atom stereocenters. The second-order valence-corrected chi connectivity index (χ2v) is 6.49. The first-order valence-corrected chi connectivity index (χ1v) is 8.91. The average molecular weight is 398 g/mol. The van der Waals surface area contributed by atoms with Gasteiger partial charge in [0.2, 0.25) is 0 Å². The fourth-order valence-electron chi connectivity index (χ4n) is 2.45. The Bertz CT molecular complexity index is 763. The molecule has 0 radical (unpaired) electrons. The van der Waals surface area contributed by atoms with Gasteiger partial charge in [0.05, 0.1) is 17.2 Å². The van der Waals surface area contributed by atoms with Gasteiger partial charge in [0.15, 0.2) is 0 Å². The summed E-state index contributed by atoms with van der Waals surface area (Å²) in [6.07, 6.45) is -9.35. The van der Waals surface area contributed by atoms with Gasteiger partial charge >= 0.3 is 12.4 Å². The van der Waals surface area contributed by atoms with E-state index in [9.17, 15) is 31.4 Å². The van der Waals surface area contributed by atoms with Crippen molar-refractivity contribution in [3.63, 3.8) is 0 Å². The van der Waals surface area contributed by atoms with Crippen LogP contribution in [0.4, 0.5) is 26.3 Å². The molecule has 2 rings (SSSR count). The maximum absolute atomic E-state index is 13.2. The van der Waals surface area contributed by atoms with Crippen molar-refractivity contribution in [1.29, 1.82) is 0 Å². The molecular weight excluding hydrogens is 382 g/mol. The van der Waals surface area contributed by atoms with Crippen LogP contribution in [0.25, 0.3) is 10.9 Å². The number of hydrogen-bond acceptors (Lipinski definition) is 4. The summed E-state index contributed by atoms with van der Waals surface area (Å²) in [5.41, 5.74) is -3.82. The van der Waals surface area contributed by atoms with Crippen LogP contribution < -0.4 is 5.32 Å². The molecule has 2 N–H and O–H groups in total. The fraction of sp³-hybridized carbons (Fsp3) is 0.438.